The fraction of sp³-hybridized carbons (Fsp3) is 0.333. The number of aromatic nitrogens is 1. The molecule has 0 aliphatic heterocycles. The minimum atomic E-state index is -0.0150. The van der Waals surface area contributed by atoms with Crippen LogP contribution in [0.5, 0.6) is 0 Å². The van der Waals surface area contributed by atoms with Crippen molar-refractivity contribution in [2.75, 3.05) is 13.1 Å². The molecule has 0 radical (unpaired) electrons. The first kappa shape index (κ1) is 13.2. The number of carbonyl (C=O) groups is 1. The van der Waals surface area contributed by atoms with Crippen molar-refractivity contribution in [2.45, 2.75) is 19.8 Å². The molecule has 0 aliphatic rings. The highest BCUT2D eigenvalue weighted by molar-refractivity contribution is 5.86. The molecular weight excluding hydrogens is 240 g/mol. The molecule has 0 saturated carbocycles. The summed E-state index contributed by atoms with van der Waals surface area (Å²) in [6.45, 7) is 3.02. The number of amides is 1. The van der Waals surface area contributed by atoms with E-state index in [0.717, 1.165) is 11.8 Å². The monoisotopic (exact) mass is 256 g/mol. The summed E-state index contributed by atoms with van der Waals surface area (Å²) in [5.41, 5.74) is 1.36. The first-order valence-electron chi connectivity index (χ1n) is 6.30. The number of benzene rings is 1. The lowest BCUT2D eigenvalue weighted by Gasteiger charge is -2.18. The molecule has 0 N–H and O–H groups in total. The van der Waals surface area contributed by atoms with Gasteiger partial charge < -0.3 is 9.42 Å². The van der Waals surface area contributed by atoms with Crippen LogP contribution in [0, 0.1) is 12.3 Å². The topological polar surface area (TPSA) is 46.3 Å². The van der Waals surface area contributed by atoms with Crippen molar-refractivity contribution in [2.24, 2.45) is 0 Å². The first-order valence-corrected chi connectivity index (χ1v) is 6.30. The Morgan fingerprint density at radius 2 is 2.26 bits per heavy atom. The van der Waals surface area contributed by atoms with Crippen molar-refractivity contribution >= 4 is 16.9 Å². The fourth-order valence-corrected chi connectivity index (χ4v) is 1.99. The van der Waals surface area contributed by atoms with Crippen molar-refractivity contribution in [3.05, 3.63) is 30.0 Å². The van der Waals surface area contributed by atoms with Crippen LogP contribution < -0.4 is 0 Å². The summed E-state index contributed by atoms with van der Waals surface area (Å²) in [7, 11) is 0. The summed E-state index contributed by atoms with van der Waals surface area (Å²) < 4.78 is 5.19. The second kappa shape index (κ2) is 6.05. The third-order valence-electron chi connectivity index (χ3n) is 2.90. The average molecular weight is 256 g/mol. The van der Waals surface area contributed by atoms with Crippen LogP contribution in [-0.4, -0.2) is 29.1 Å². The van der Waals surface area contributed by atoms with Gasteiger partial charge in [0.15, 0.2) is 5.58 Å². The van der Waals surface area contributed by atoms with Crippen LogP contribution in [0.2, 0.25) is 0 Å². The van der Waals surface area contributed by atoms with Crippen LogP contribution in [-0.2, 0) is 11.2 Å². The van der Waals surface area contributed by atoms with E-state index in [4.69, 9.17) is 10.9 Å². The predicted octanol–water partition coefficient (Wildman–Crippen LogP) is 2.24. The number of hydrogen-bond donors (Lipinski definition) is 0. The molecule has 0 unspecified atom stereocenters. The fourth-order valence-electron chi connectivity index (χ4n) is 1.99. The van der Waals surface area contributed by atoms with E-state index in [0.29, 0.717) is 24.4 Å². The van der Waals surface area contributed by atoms with Gasteiger partial charge in [0.2, 0.25) is 5.91 Å². The van der Waals surface area contributed by atoms with E-state index in [1.54, 1.807) is 4.90 Å². The summed E-state index contributed by atoms with van der Waals surface area (Å²) >= 11 is 0. The number of terminal acetylenes is 1. The molecule has 2 aromatic rings. The maximum absolute atomic E-state index is 12.2. The Morgan fingerprint density at radius 1 is 1.47 bits per heavy atom. The summed E-state index contributed by atoms with van der Waals surface area (Å²) in [6.07, 6.45) is 6.39. The molecule has 0 spiro atoms. The van der Waals surface area contributed by atoms with Crippen molar-refractivity contribution in [3.8, 4) is 12.3 Å². The van der Waals surface area contributed by atoms with Crippen molar-refractivity contribution in [3.63, 3.8) is 0 Å². The van der Waals surface area contributed by atoms with E-state index in [1.165, 1.54) is 0 Å². The van der Waals surface area contributed by atoms with Crippen LogP contribution in [0.3, 0.4) is 0 Å². The van der Waals surface area contributed by atoms with Gasteiger partial charge in [0.25, 0.3) is 0 Å². The first-order chi connectivity index (χ1) is 9.26. The highest BCUT2D eigenvalue weighted by Gasteiger charge is 2.16. The van der Waals surface area contributed by atoms with Crippen molar-refractivity contribution in [1.82, 2.24) is 10.1 Å². The molecule has 0 atom stereocenters. The maximum Gasteiger partial charge on any atom is 0.229 e. The average Bonchev–Trinajstić information content (AvgIpc) is 2.82. The minimum absolute atomic E-state index is 0.0150. The van der Waals surface area contributed by atoms with Crippen molar-refractivity contribution < 1.29 is 9.32 Å². The summed E-state index contributed by atoms with van der Waals surface area (Å²) in [6, 6.07) is 7.51. The Bertz CT molecular complexity index is 610. The van der Waals surface area contributed by atoms with Gasteiger partial charge >= 0.3 is 0 Å². The van der Waals surface area contributed by atoms with E-state index in [-0.39, 0.29) is 12.3 Å². The molecule has 0 fully saturated rings. The molecule has 4 nitrogen and oxygen atoms in total. The smallest absolute Gasteiger partial charge is 0.229 e. The second-order valence-corrected chi connectivity index (χ2v) is 4.32. The number of fused-ring (bicyclic) bond motifs is 1. The van der Waals surface area contributed by atoms with Crippen LogP contribution >= 0.6 is 0 Å². The van der Waals surface area contributed by atoms with Gasteiger partial charge in [-0.2, -0.15) is 0 Å². The highest BCUT2D eigenvalue weighted by atomic mass is 16.5. The van der Waals surface area contributed by atoms with Crippen LogP contribution in [0.1, 0.15) is 19.0 Å². The Labute approximate surface area is 112 Å². The molecule has 1 aromatic heterocycles. The van der Waals surface area contributed by atoms with E-state index in [1.807, 2.05) is 31.2 Å². The Balaban J connectivity index is 2.16. The third-order valence-corrected chi connectivity index (χ3v) is 2.90. The van der Waals surface area contributed by atoms with Gasteiger partial charge in [0.1, 0.15) is 5.69 Å². The number of hydrogen-bond acceptors (Lipinski definition) is 3. The Hall–Kier alpha value is -2.28. The molecule has 0 bridgehead atoms. The normalized spacial score (nSPS) is 10.3. The largest absolute Gasteiger partial charge is 0.356 e. The van der Waals surface area contributed by atoms with Gasteiger partial charge in [-0.15, -0.1) is 6.42 Å². The number of nitrogens with zero attached hydrogens (tertiary/aromatic N) is 2. The van der Waals surface area contributed by atoms with Gasteiger partial charge in [-0.25, -0.2) is 0 Å². The van der Waals surface area contributed by atoms with Crippen LogP contribution in [0.25, 0.3) is 11.0 Å². The predicted molar refractivity (Wildman–Crippen MR) is 73.4 cm³/mol. The SMILES string of the molecule is C#CCN(CCC)C(=O)Cc1noc2ccccc12. The zero-order chi connectivity index (χ0) is 13.7. The number of para-hydroxylation sites is 1. The van der Waals surface area contributed by atoms with Crippen LogP contribution in [0.4, 0.5) is 0 Å². The third kappa shape index (κ3) is 2.94. The van der Waals surface area contributed by atoms with E-state index in [9.17, 15) is 4.79 Å². The lowest BCUT2D eigenvalue weighted by atomic mass is 10.1. The second-order valence-electron chi connectivity index (χ2n) is 4.32. The Morgan fingerprint density at radius 3 is 3.00 bits per heavy atom. The van der Waals surface area contributed by atoms with E-state index >= 15 is 0 Å². The van der Waals surface area contributed by atoms with E-state index in [2.05, 4.69) is 11.1 Å². The number of carbonyl (C=O) groups excluding carboxylic acids is 1. The molecule has 4 heteroatoms. The zero-order valence-electron chi connectivity index (χ0n) is 10.9. The molecule has 1 amide bonds. The van der Waals surface area contributed by atoms with Crippen molar-refractivity contribution in [1.29, 1.82) is 0 Å². The Kier molecular flexibility index (Phi) is 4.19. The molecule has 19 heavy (non-hydrogen) atoms. The van der Waals surface area contributed by atoms with Gasteiger partial charge in [-0.1, -0.05) is 30.1 Å². The zero-order valence-corrected chi connectivity index (χ0v) is 10.9. The summed E-state index contributed by atoms with van der Waals surface area (Å²) in [5.74, 6) is 2.50. The van der Waals surface area contributed by atoms with Gasteiger partial charge in [-0.05, 0) is 18.6 Å². The molecule has 0 aliphatic carbocycles. The molecule has 1 heterocycles. The molecule has 1 aromatic carbocycles. The number of rotatable bonds is 5. The van der Waals surface area contributed by atoms with E-state index < -0.39 is 0 Å². The maximum atomic E-state index is 12.2. The molecule has 98 valence electrons. The van der Waals surface area contributed by atoms with Gasteiger partial charge in [0, 0.05) is 11.9 Å². The van der Waals surface area contributed by atoms with Crippen LogP contribution in [0.15, 0.2) is 28.8 Å². The molecule has 2 rings (SSSR count). The standard InChI is InChI=1S/C15H16N2O2/c1-3-9-17(10-4-2)15(18)11-13-12-7-5-6-8-14(12)19-16-13/h1,5-8H,4,9-11H2,2H3. The quantitative estimate of drug-likeness (QED) is 0.771. The minimum Gasteiger partial charge on any atom is -0.356 e. The molecular formula is C15H16N2O2. The van der Waals surface area contributed by atoms with Gasteiger partial charge in [-0.3, -0.25) is 4.79 Å². The summed E-state index contributed by atoms with van der Waals surface area (Å²) in [4.78, 5) is 13.9. The lowest BCUT2D eigenvalue weighted by molar-refractivity contribution is -0.129. The molecule has 0 saturated heterocycles. The van der Waals surface area contributed by atoms with Gasteiger partial charge in [0.05, 0.1) is 13.0 Å². The summed E-state index contributed by atoms with van der Waals surface area (Å²) in [5, 5.41) is 4.85. The highest BCUT2D eigenvalue weighted by Crippen LogP contribution is 2.18. The lowest BCUT2D eigenvalue weighted by Crippen LogP contribution is -2.33.